The smallest absolute Gasteiger partial charge is 0.238 e. The van der Waals surface area contributed by atoms with E-state index in [1.165, 1.54) is 5.56 Å². The number of hydrogen-bond acceptors (Lipinski definition) is 3. The molecule has 0 heterocycles. The molecule has 0 radical (unpaired) electrons. The maximum atomic E-state index is 12.4. The van der Waals surface area contributed by atoms with E-state index in [-0.39, 0.29) is 24.3 Å². The van der Waals surface area contributed by atoms with Gasteiger partial charge in [0, 0.05) is 20.1 Å². The summed E-state index contributed by atoms with van der Waals surface area (Å²) < 4.78 is 0. The van der Waals surface area contributed by atoms with Crippen LogP contribution in [0.1, 0.15) is 43.9 Å². The third-order valence-electron chi connectivity index (χ3n) is 5.22. The van der Waals surface area contributed by atoms with Gasteiger partial charge in [-0.05, 0) is 34.9 Å². The zero-order chi connectivity index (χ0) is 22.1. The molecule has 0 atom stereocenters. The number of carbonyl (C=O) groups is 3. The van der Waals surface area contributed by atoms with Crippen LogP contribution in [0.2, 0.25) is 0 Å². The molecule has 0 spiro atoms. The monoisotopic (exact) mass is 408 g/mol. The summed E-state index contributed by atoms with van der Waals surface area (Å²) in [6, 6.07) is 18.1. The van der Waals surface area contributed by atoms with Gasteiger partial charge in [0.2, 0.25) is 18.2 Å². The second-order valence-corrected chi connectivity index (χ2v) is 8.62. The minimum absolute atomic E-state index is 0.0796. The highest BCUT2D eigenvalue weighted by Crippen LogP contribution is 2.22. The molecule has 5 nitrogen and oxygen atoms in total. The second-order valence-electron chi connectivity index (χ2n) is 8.62. The van der Waals surface area contributed by atoms with Crippen LogP contribution >= 0.6 is 0 Å². The lowest BCUT2D eigenvalue weighted by Gasteiger charge is -2.20. The van der Waals surface area contributed by atoms with Crippen LogP contribution in [0.15, 0.2) is 54.6 Å². The van der Waals surface area contributed by atoms with Gasteiger partial charge in [-0.25, -0.2) is 0 Å². The van der Waals surface area contributed by atoms with Gasteiger partial charge < -0.3 is 4.90 Å². The Morgan fingerprint density at radius 3 is 1.97 bits per heavy atom. The highest BCUT2D eigenvalue weighted by molar-refractivity contribution is 6.00. The minimum atomic E-state index is -0.465. The summed E-state index contributed by atoms with van der Waals surface area (Å²) >= 11 is 0. The molecule has 0 bridgehead atoms. The molecule has 0 fully saturated rings. The van der Waals surface area contributed by atoms with E-state index >= 15 is 0 Å². The molecule has 0 unspecified atom stereocenters. The van der Waals surface area contributed by atoms with Crippen molar-refractivity contribution in [2.45, 2.75) is 45.4 Å². The molecule has 2 aromatic carbocycles. The fourth-order valence-corrected chi connectivity index (χ4v) is 3.09. The van der Waals surface area contributed by atoms with Crippen molar-refractivity contribution in [3.63, 3.8) is 0 Å². The standard InChI is InChI=1S/C25H32N2O3/c1-25(2,3)22-12-10-21(11-13-22)15-17-27(19-28)24(30)18-23(29)26(4)16-14-20-8-6-5-7-9-20/h5-13,19H,14-18H2,1-4H3. The van der Waals surface area contributed by atoms with Crippen LogP contribution in [0.4, 0.5) is 0 Å². The Labute approximate surface area is 179 Å². The molecule has 30 heavy (non-hydrogen) atoms. The van der Waals surface area contributed by atoms with Gasteiger partial charge in [0.25, 0.3) is 0 Å². The lowest BCUT2D eigenvalue weighted by Crippen LogP contribution is -2.37. The van der Waals surface area contributed by atoms with Crippen molar-refractivity contribution in [2.75, 3.05) is 20.1 Å². The van der Waals surface area contributed by atoms with Crippen molar-refractivity contribution in [3.05, 3.63) is 71.3 Å². The molecular weight excluding hydrogens is 376 g/mol. The fourth-order valence-electron chi connectivity index (χ4n) is 3.09. The second kappa shape index (κ2) is 10.7. The van der Waals surface area contributed by atoms with Crippen LogP contribution in [-0.4, -0.2) is 48.2 Å². The van der Waals surface area contributed by atoms with Gasteiger partial charge in [-0.2, -0.15) is 0 Å². The average Bonchev–Trinajstić information content (AvgIpc) is 2.72. The molecule has 2 aromatic rings. The van der Waals surface area contributed by atoms with E-state index in [1.54, 1.807) is 11.9 Å². The van der Waals surface area contributed by atoms with E-state index in [1.807, 2.05) is 42.5 Å². The van der Waals surface area contributed by atoms with E-state index in [4.69, 9.17) is 0 Å². The highest BCUT2D eigenvalue weighted by atomic mass is 16.2. The van der Waals surface area contributed by atoms with Crippen LogP contribution < -0.4 is 0 Å². The van der Waals surface area contributed by atoms with Gasteiger partial charge in [0.1, 0.15) is 6.42 Å². The molecule has 0 aliphatic carbocycles. The number of hydrogen-bond donors (Lipinski definition) is 0. The normalized spacial score (nSPS) is 11.1. The number of nitrogens with zero attached hydrogens (tertiary/aromatic N) is 2. The number of amides is 3. The number of rotatable bonds is 9. The van der Waals surface area contributed by atoms with Crippen molar-refractivity contribution in [1.82, 2.24) is 9.80 Å². The molecule has 2 rings (SSSR count). The molecule has 0 saturated carbocycles. The zero-order valence-electron chi connectivity index (χ0n) is 18.4. The molecule has 0 saturated heterocycles. The van der Waals surface area contributed by atoms with Gasteiger partial charge in [0.15, 0.2) is 0 Å². The van der Waals surface area contributed by atoms with Crippen molar-refractivity contribution in [1.29, 1.82) is 0 Å². The molecular formula is C25H32N2O3. The van der Waals surface area contributed by atoms with Crippen molar-refractivity contribution in [3.8, 4) is 0 Å². The maximum Gasteiger partial charge on any atom is 0.238 e. The summed E-state index contributed by atoms with van der Waals surface area (Å²) in [6.07, 6.45) is 1.50. The summed E-state index contributed by atoms with van der Waals surface area (Å²) in [5, 5.41) is 0. The Balaban J connectivity index is 1.83. The summed E-state index contributed by atoms with van der Waals surface area (Å²) in [4.78, 5) is 38.8. The van der Waals surface area contributed by atoms with Gasteiger partial charge in [-0.15, -0.1) is 0 Å². The first kappa shape index (κ1) is 23.3. The number of likely N-dealkylation sites (N-methyl/N-ethyl adjacent to an activating group) is 1. The number of carbonyl (C=O) groups excluding carboxylic acids is 3. The van der Waals surface area contributed by atoms with E-state index < -0.39 is 5.91 Å². The molecule has 5 heteroatoms. The van der Waals surface area contributed by atoms with Gasteiger partial charge >= 0.3 is 0 Å². The fraction of sp³-hybridized carbons (Fsp3) is 0.400. The molecule has 160 valence electrons. The minimum Gasteiger partial charge on any atom is -0.345 e. The molecule has 0 N–H and O–H groups in total. The molecule has 0 aliphatic heterocycles. The lowest BCUT2D eigenvalue weighted by molar-refractivity contribution is -0.142. The van der Waals surface area contributed by atoms with Crippen LogP contribution in [0, 0.1) is 0 Å². The van der Waals surface area contributed by atoms with E-state index in [0.29, 0.717) is 19.4 Å². The van der Waals surface area contributed by atoms with E-state index in [0.717, 1.165) is 22.4 Å². The number of benzene rings is 2. The highest BCUT2D eigenvalue weighted by Gasteiger charge is 2.19. The summed E-state index contributed by atoms with van der Waals surface area (Å²) in [6.45, 7) is 7.25. The van der Waals surface area contributed by atoms with E-state index in [2.05, 4.69) is 32.9 Å². The topological polar surface area (TPSA) is 57.7 Å². The van der Waals surface area contributed by atoms with Crippen LogP contribution in [0.3, 0.4) is 0 Å². The zero-order valence-corrected chi connectivity index (χ0v) is 18.4. The molecule has 0 aliphatic rings. The molecule has 3 amide bonds. The predicted molar refractivity (Wildman–Crippen MR) is 119 cm³/mol. The van der Waals surface area contributed by atoms with Gasteiger partial charge in [-0.1, -0.05) is 75.4 Å². The van der Waals surface area contributed by atoms with Crippen molar-refractivity contribution in [2.24, 2.45) is 0 Å². The first-order valence-electron chi connectivity index (χ1n) is 10.3. The Bertz CT molecular complexity index is 839. The Morgan fingerprint density at radius 2 is 1.40 bits per heavy atom. The van der Waals surface area contributed by atoms with Crippen LogP contribution in [-0.2, 0) is 32.6 Å². The Hall–Kier alpha value is -2.95. The third kappa shape index (κ3) is 7.14. The van der Waals surface area contributed by atoms with E-state index in [9.17, 15) is 14.4 Å². The largest absolute Gasteiger partial charge is 0.345 e. The maximum absolute atomic E-state index is 12.4. The molecule has 0 aromatic heterocycles. The van der Waals surface area contributed by atoms with Gasteiger partial charge in [-0.3, -0.25) is 19.3 Å². The average molecular weight is 409 g/mol. The first-order valence-corrected chi connectivity index (χ1v) is 10.3. The summed E-state index contributed by atoms with van der Waals surface area (Å²) in [5.41, 5.74) is 3.50. The number of imide groups is 1. The predicted octanol–water partition coefficient (Wildman–Crippen LogP) is 3.60. The van der Waals surface area contributed by atoms with Crippen molar-refractivity contribution < 1.29 is 14.4 Å². The summed E-state index contributed by atoms with van der Waals surface area (Å²) in [7, 11) is 1.68. The first-order chi connectivity index (χ1) is 14.2. The third-order valence-corrected chi connectivity index (χ3v) is 5.22. The Kier molecular flexibility index (Phi) is 8.34. The quantitative estimate of drug-likeness (QED) is 0.471. The lowest BCUT2D eigenvalue weighted by atomic mass is 9.86. The Morgan fingerprint density at radius 1 is 0.833 bits per heavy atom. The van der Waals surface area contributed by atoms with Crippen LogP contribution in [0.25, 0.3) is 0 Å². The van der Waals surface area contributed by atoms with Gasteiger partial charge in [0.05, 0.1) is 0 Å². The summed E-state index contributed by atoms with van der Waals surface area (Å²) in [5.74, 6) is -0.745. The SMILES string of the molecule is CN(CCc1ccccc1)C(=O)CC(=O)N(C=O)CCc1ccc(C(C)(C)C)cc1. The van der Waals surface area contributed by atoms with Crippen LogP contribution in [0.5, 0.6) is 0 Å². The van der Waals surface area contributed by atoms with Crippen molar-refractivity contribution >= 4 is 18.2 Å².